The van der Waals surface area contributed by atoms with Crippen molar-refractivity contribution in [3.05, 3.63) is 42.2 Å². The minimum atomic E-state index is -0.208. The van der Waals surface area contributed by atoms with Gasteiger partial charge in [0, 0.05) is 12.7 Å². The fraction of sp³-hybridized carbons (Fsp3) is 0.389. The van der Waals surface area contributed by atoms with Crippen LogP contribution in [0.4, 0.5) is 11.6 Å². The second kappa shape index (κ2) is 8.29. The second-order valence-electron chi connectivity index (χ2n) is 6.16. The van der Waals surface area contributed by atoms with Crippen LogP contribution in [0, 0.1) is 5.92 Å². The highest BCUT2D eigenvalue weighted by molar-refractivity contribution is 5.92. The van der Waals surface area contributed by atoms with Crippen LogP contribution in [0.5, 0.6) is 5.75 Å². The highest BCUT2D eigenvalue weighted by Crippen LogP contribution is 2.26. The van der Waals surface area contributed by atoms with Gasteiger partial charge in [0.05, 0.1) is 11.8 Å². The molecule has 24 heavy (non-hydrogen) atoms. The first-order chi connectivity index (χ1) is 11.5. The monoisotopic (exact) mass is 328 g/mol. The van der Waals surface area contributed by atoms with E-state index in [-0.39, 0.29) is 12.0 Å². The fourth-order valence-corrected chi connectivity index (χ4v) is 1.98. The number of benzene rings is 1. The molecule has 2 N–H and O–H groups in total. The zero-order valence-corrected chi connectivity index (χ0v) is 14.5. The number of anilines is 2. The molecular weight excluding hydrogens is 304 g/mol. The van der Waals surface area contributed by atoms with Crippen LogP contribution in [0.1, 0.15) is 38.2 Å². The van der Waals surface area contributed by atoms with Crippen LogP contribution in [-0.4, -0.2) is 28.5 Å². The van der Waals surface area contributed by atoms with E-state index < -0.39 is 0 Å². The van der Waals surface area contributed by atoms with Crippen LogP contribution in [0.25, 0.3) is 0 Å². The molecule has 0 fully saturated rings. The lowest BCUT2D eigenvalue weighted by Crippen LogP contribution is -2.28. The van der Waals surface area contributed by atoms with Gasteiger partial charge in [0.25, 0.3) is 5.91 Å². The normalized spacial score (nSPS) is 10.8. The third-order valence-electron chi connectivity index (χ3n) is 3.06. The number of nitrogens with one attached hydrogen (secondary N) is 2. The largest absolute Gasteiger partial charge is 0.489 e. The fourth-order valence-electron chi connectivity index (χ4n) is 1.98. The van der Waals surface area contributed by atoms with Gasteiger partial charge in [-0.05, 0) is 38.0 Å². The minimum Gasteiger partial charge on any atom is -0.489 e. The Labute approximate surface area is 142 Å². The SMILES string of the molecule is CC(C)CNC(=O)c1ccnc(Nc2ccccc2OC(C)C)n1. The number of para-hydroxylation sites is 2. The molecule has 0 spiro atoms. The molecule has 1 aromatic heterocycles. The molecule has 0 atom stereocenters. The number of amides is 1. The number of nitrogens with zero attached hydrogens (tertiary/aromatic N) is 2. The van der Waals surface area contributed by atoms with Crippen LogP contribution in [0.3, 0.4) is 0 Å². The lowest BCUT2D eigenvalue weighted by molar-refractivity contribution is 0.0944. The number of ether oxygens (including phenoxy) is 1. The zero-order valence-electron chi connectivity index (χ0n) is 14.5. The van der Waals surface area contributed by atoms with E-state index in [1.54, 1.807) is 12.3 Å². The van der Waals surface area contributed by atoms with E-state index in [0.717, 1.165) is 5.69 Å². The van der Waals surface area contributed by atoms with Crippen molar-refractivity contribution in [2.75, 3.05) is 11.9 Å². The van der Waals surface area contributed by atoms with Crippen molar-refractivity contribution in [2.24, 2.45) is 5.92 Å². The van der Waals surface area contributed by atoms with E-state index >= 15 is 0 Å². The van der Waals surface area contributed by atoms with Crippen LogP contribution in [0.15, 0.2) is 36.5 Å². The molecule has 6 nitrogen and oxygen atoms in total. The first-order valence-corrected chi connectivity index (χ1v) is 8.09. The summed E-state index contributed by atoms with van der Waals surface area (Å²) in [5.74, 6) is 1.24. The smallest absolute Gasteiger partial charge is 0.270 e. The minimum absolute atomic E-state index is 0.0574. The summed E-state index contributed by atoms with van der Waals surface area (Å²) in [6.45, 7) is 8.62. The molecule has 2 rings (SSSR count). The van der Waals surface area contributed by atoms with Gasteiger partial charge in [-0.3, -0.25) is 4.79 Å². The Hall–Kier alpha value is -2.63. The van der Waals surface area contributed by atoms with Gasteiger partial charge in [-0.1, -0.05) is 26.0 Å². The lowest BCUT2D eigenvalue weighted by Gasteiger charge is -2.15. The molecule has 0 unspecified atom stereocenters. The summed E-state index contributed by atoms with van der Waals surface area (Å²) in [7, 11) is 0. The number of rotatable bonds is 7. The number of hydrogen-bond donors (Lipinski definition) is 2. The van der Waals surface area contributed by atoms with E-state index in [9.17, 15) is 4.79 Å². The van der Waals surface area contributed by atoms with Gasteiger partial charge in [-0.2, -0.15) is 0 Å². The summed E-state index contributed by atoms with van der Waals surface area (Å²) >= 11 is 0. The first-order valence-electron chi connectivity index (χ1n) is 8.09. The van der Waals surface area contributed by atoms with Gasteiger partial charge in [-0.15, -0.1) is 0 Å². The maximum Gasteiger partial charge on any atom is 0.270 e. The molecule has 2 aromatic rings. The quantitative estimate of drug-likeness (QED) is 0.815. The molecule has 0 aliphatic heterocycles. The number of carbonyl (C=O) groups excluding carboxylic acids is 1. The number of aromatic nitrogens is 2. The third-order valence-corrected chi connectivity index (χ3v) is 3.06. The van der Waals surface area contributed by atoms with Crippen molar-refractivity contribution < 1.29 is 9.53 Å². The summed E-state index contributed by atoms with van der Waals surface area (Å²) < 4.78 is 5.76. The predicted octanol–water partition coefficient (Wildman–Crippen LogP) is 3.39. The molecule has 0 aliphatic rings. The molecule has 1 amide bonds. The predicted molar refractivity (Wildman–Crippen MR) is 94.7 cm³/mol. The Kier molecular flexibility index (Phi) is 6.12. The Morgan fingerprint density at radius 2 is 1.92 bits per heavy atom. The third kappa shape index (κ3) is 5.22. The van der Waals surface area contributed by atoms with Crippen LogP contribution < -0.4 is 15.4 Å². The van der Waals surface area contributed by atoms with Crippen LogP contribution >= 0.6 is 0 Å². The van der Waals surface area contributed by atoms with Gasteiger partial charge < -0.3 is 15.4 Å². The highest BCUT2D eigenvalue weighted by atomic mass is 16.5. The Morgan fingerprint density at radius 3 is 2.62 bits per heavy atom. The standard InChI is InChI=1S/C18H24N4O2/c1-12(2)11-20-17(23)15-9-10-19-18(22-15)21-14-7-5-6-8-16(14)24-13(3)4/h5-10,12-13H,11H2,1-4H3,(H,20,23)(H,19,21,22). The molecular formula is C18H24N4O2. The van der Waals surface area contributed by atoms with E-state index in [1.807, 2.05) is 52.0 Å². The van der Waals surface area contributed by atoms with E-state index in [1.165, 1.54) is 0 Å². The Balaban J connectivity index is 2.14. The Bertz CT molecular complexity index is 686. The molecule has 0 saturated carbocycles. The molecule has 1 aromatic carbocycles. The Morgan fingerprint density at radius 1 is 1.17 bits per heavy atom. The summed E-state index contributed by atoms with van der Waals surface area (Å²) in [4.78, 5) is 20.6. The number of hydrogen-bond acceptors (Lipinski definition) is 5. The summed E-state index contributed by atoms with van der Waals surface area (Å²) in [6, 6.07) is 9.15. The van der Waals surface area contributed by atoms with Gasteiger partial charge >= 0.3 is 0 Å². The van der Waals surface area contributed by atoms with Gasteiger partial charge in [0.2, 0.25) is 5.95 Å². The van der Waals surface area contributed by atoms with Crippen molar-refractivity contribution in [1.29, 1.82) is 0 Å². The van der Waals surface area contributed by atoms with Crippen molar-refractivity contribution in [1.82, 2.24) is 15.3 Å². The maximum atomic E-state index is 12.1. The van der Waals surface area contributed by atoms with E-state index in [4.69, 9.17) is 4.74 Å². The van der Waals surface area contributed by atoms with Gasteiger partial charge in [0.15, 0.2) is 0 Å². The number of carbonyl (C=O) groups is 1. The van der Waals surface area contributed by atoms with Crippen molar-refractivity contribution in [3.8, 4) is 5.75 Å². The molecule has 0 aliphatic carbocycles. The average molecular weight is 328 g/mol. The summed E-state index contributed by atoms with van der Waals surface area (Å²) in [6.07, 6.45) is 1.62. The molecule has 0 radical (unpaired) electrons. The molecule has 0 saturated heterocycles. The van der Waals surface area contributed by atoms with Crippen LogP contribution in [-0.2, 0) is 0 Å². The van der Waals surface area contributed by atoms with Crippen molar-refractivity contribution >= 4 is 17.5 Å². The van der Waals surface area contributed by atoms with E-state index in [2.05, 4.69) is 20.6 Å². The van der Waals surface area contributed by atoms with E-state index in [0.29, 0.717) is 29.9 Å². The second-order valence-corrected chi connectivity index (χ2v) is 6.16. The van der Waals surface area contributed by atoms with Crippen LogP contribution in [0.2, 0.25) is 0 Å². The molecule has 6 heteroatoms. The topological polar surface area (TPSA) is 76.1 Å². The summed E-state index contributed by atoms with van der Waals surface area (Å²) in [5, 5.41) is 5.96. The average Bonchev–Trinajstić information content (AvgIpc) is 2.54. The van der Waals surface area contributed by atoms with Crippen molar-refractivity contribution in [2.45, 2.75) is 33.8 Å². The van der Waals surface area contributed by atoms with Crippen molar-refractivity contribution in [3.63, 3.8) is 0 Å². The van der Waals surface area contributed by atoms with Gasteiger partial charge in [0.1, 0.15) is 11.4 Å². The molecule has 1 heterocycles. The maximum absolute atomic E-state index is 12.1. The zero-order chi connectivity index (χ0) is 17.5. The highest BCUT2D eigenvalue weighted by Gasteiger charge is 2.11. The van der Waals surface area contributed by atoms with Gasteiger partial charge in [-0.25, -0.2) is 9.97 Å². The lowest BCUT2D eigenvalue weighted by atomic mass is 10.2. The first kappa shape index (κ1) is 17.7. The molecule has 128 valence electrons. The molecule has 0 bridgehead atoms. The summed E-state index contributed by atoms with van der Waals surface area (Å²) in [5.41, 5.74) is 1.08.